The molecule has 0 aliphatic carbocycles. The molecule has 0 saturated heterocycles. The lowest BCUT2D eigenvalue weighted by Gasteiger charge is -2.08. The van der Waals surface area contributed by atoms with E-state index in [-0.39, 0.29) is 5.91 Å². The number of benzene rings is 2. The molecule has 6 nitrogen and oxygen atoms in total. The maximum absolute atomic E-state index is 12.4. The highest BCUT2D eigenvalue weighted by Gasteiger charge is 2.13. The third-order valence-corrected chi connectivity index (χ3v) is 4.22. The summed E-state index contributed by atoms with van der Waals surface area (Å²) in [7, 11) is 0. The van der Waals surface area contributed by atoms with Crippen molar-refractivity contribution in [1.82, 2.24) is 10.4 Å². The maximum Gasteiger partial charge on any atom is 0.344 e. The standard InChI is InChI=1S/C20H14BrN3O3/c21-17-7-3-2-6-16(17)20(26)27-18-8-4-1-5-15(18)13-23-24-19(25)14-9-11-22-12-10-14/h1-13H,(H,24,25)/b23-13+. The van der Waals surface area contributed by atoms with Crippen molar-refractivity contribution in [2.75, 3.05) is 0 Å². The molecule has 3 rings (SSSR count). The summed E-state index contributed by atoms with van der Waals surface area (Å²) >= 11 is 3.33. The molecule has 27 heavy (non-hydrogen) atoms. The van der Waals surface area contributed by atoms with Crippen LogP contribution in [0, 0.1) is 0 Å². The SMILES string of the molecule is O=C(N/N=C/c1ccccc1OC(=O)c1ccccc1Br)c1ccncc1. The second-order valence-electron chi connectivity index (χ2n) is 5.34. The van der Waals surface area contributed by atoms with Crippen molar-refractivity contribution in [1.29, 1.82) is 0 Å². The van der Waals surface area contributed by atoms with Crippen LogP contribution in [0.4, 0.5) is 0 Å². The van der Waals surface area contributed by atoms with Crippen LogP contribution in [0.1, 0.15) is 26.3 Å². The number of hydrogen-bond donors (Lipinski definition) is 1. The van der Waals surface area contributed by atoms with Gasteiger partial charge < -0.3 is 4.74 Å². The lowest BCUT2D eigenvalue weighted by Crippen LogP contribution is -2.17. The van der Waals surface area contributed by atoms with Crippen molar-refractivity contribution in [2.24, 2.45) is 5.10 Å². The van der Waals surface area contributed by atoms with Gasteiger partial charge >= 0.3 is 5.97 Å². The number of aromatic nitrogens is 1. The first-order chi connectivity index (χ1) is 13.1. The summed E-state index contributed by atoms with van der Waals surface area (Å²) in [4.78, 5) is 28.2. The molecule has 0 aliphatic heterocycles. The second-order valence-corrected chi connectivity index (χ2v) is 6.20. The van der Waals surface area contributed by atoms with E-state index in [0.717, 1.165) is 0 Å². The number of halogens is 1. The van der Waals surface area contributed by atoms with Gasteiger partial charge in [-0.1, -0.05) is 24.3 Å². The summed E-state index contributed by atoms with van der Waals surface area (Å²) < 4.78 is 6.12. The van der Waals surface area contributed by atoms with Crippen LogP contribution in [0.2, 0.25) is 0 Å². The highest BCUT2D eigenvalue weighted by atomic mass is 79.9. The number of hydrazone groups is 1. The van der Waals surface area contributed by atoms with Crippen molar-refractivity contribution in [3.05, 3.63) is 94.2 Å². The summed E-state index contributed by atoms with van der Waals surface area (Å²) in [6, 6.07) is 17.1. The average Bonchev–Trinajstić information content (AvgIpc) is 2.70. The molecule has 1 N–H and O–H groups in total. The molecule has 1 heterocycles. The molecule has 0 bridgehead atoms. The molecule has 0 atom stereocenters. The van der Waals surface area contributed by atoms with Crippen molar-refractivity contribution >= 4 is 34.0 Å². The molecule has 0 radical (unpaired) electrons. The molecule has 2 aromatic carbocycles. The fraction of sp³-hybridized carbons (Fsp3) is 0. The Morgan fingerprint density at radius 2 is 1.70 bits per heavy atom. The molecular formula is C20H14BrN3O3. The number of carbonyl (C=O) groups is 2. The highest BCUT2D eigenvalue weighted by molar-refractivity contribution is 9.10. The second kappa shape index (κ2) is 8.86. The molecule has 0 unspecified atom stereocenters. The maximum atomic E-state index is 12.4. The van der Waals surface area contributed by atoms with Gasteiger partial charge in [0.2, 0.25) is 0 Å². The first-order valence-electron chi connectivity index (χ1n) is 7.94. The normalized spacial score (nSPS) is 10.6. The first-order valence-corrected chi connectivity index (χ1v) is 8.73. The molecule has 0 fully saturated rings. The van der Waals surface area contributed by atoms with Gasteiger partial charge in [0.25, 0.3) is 5.91 Å². The van der Waals surface area contributed by atoms with E-state index in [1.165, 1.54) is 18.6 Å². The Labute approximate surface area is 164 Å². The van der Waals surface area contributed by atoms with E-state index in [9.17, 15) is 9.59 Å². The summed E-state index contributed by atoms with van der Waals surface area (Å²) in [5.41, 5.74) is 3.83. The number of hydrogen-bond acceptors (Lipinski definition) is 5. The molecule has 1 amide bonds. The number of pyridine rings is 1. The van der Waals surface area contributed by atoms with Gasteiger partial charge in [0.05, 0.1) is 11.8 Å². The zero-order valence-electron chi connectivity index (χ0n) is 14.0. The van der Waals surface area contributed by atoms with Crippen LogP contribution < -0.4 is 10.2 Å². The van der Waals surface area contributed by atoms with E-state index in [1.54, 1.807) is 54.6 Å². The number of nitrogens with one attached hydrogen (secondary N) is 1. The summed E-state index contributed by atoms with van der Waals surface area (Å²) in [6.45, 7) is 0. The van der Waals surface area contributed by atoms with Crippen LogP contribution in [0.25, 0.3) is 0 Å². The Hall–Kier alpha value is -3.32. The third-order valence-electron chi connectivity index (χ3n) is 3.53. The predicted octanol–water partition coefficient (Wildman–Crippen LogP) is 3.83. The molecule has 0 saturated carbocycles. The molecule has 0 aliphatic rings. The van der Waals surface area contributed by atoms with Crippen LogP contribution in [-0.2, 0) is 0 Å². The lowest BCUT2D eigenvalue weighted by atomic mass is 10.2. The van der Waals surface area contributed by atoms with Crippen LogP contribution in [0.5, 0.6) is 5.75 Å². The van der Waals surface area contributed by atoms with Crippen LogP contribution in [0.3, 0.4) is 0 Å². The zero-order chi connectivity index (χ0) is 19.1. The molecule has 134 valence electrons. The Balaban J connectivity index is 1.71. The van der Waals surface area contributed by atoms with E-state index in [0.29, 0.717) is 26.9 Å². The molecule has 1 aromatic heterocycles. The smallest absolute Gasteiger partial charge is 0.344 e. The Kier molecular flexibility index (Phi) is 6.06. The molecular weight excluding hydrogens is 410 g/mol. The molecule has 7 heteroatoms. The summed E-state index contributed by atoms with van der Waals surface area (Å²) in [5.74, 6) is -0.527. The van der Waals surface area contributed by atoms with Crippen molar-refractivity contribution in [2.45, 2.75) is 0 Å². The fourth-order valence-electron chi connectivity index (χ4n) is 2.19. The fourth-order valence-corrected chi connectivity index (χ4v) is 2.64. The topological polar surface area (TPSA) is 80.6 Å². The minimum absolute atomic E-state index is 0.333. The highest BCUT2D eigenvalue weighted by Crippen LogP contribution is 2.21. The van der Waals surface area contributed by atoms with Crippen molar-refractivity contribution < 1.29 is 14.3 Å². The largest absolute Gasteiger partial charge is 0.422 e. The van der Waals surface area contributed by atoms with E-state index in [1.807, 2.05) is 6.07 Å². The van der Waals surface area contributed by atoms with Gasteiger partial charge in [-0.3, -0.25) is 9.78 Å². The zero-order valence-corrected chi connectivity index (χ0v) is 15.6. The Bertz CT molecular complexity index is 991. The van der Waals surface area contributed by atoms with Crippen molar-refractivity contribution in [3.63, 3.8) is 0 Å². The van der Waals surface area contributed by atoms with E-state index >= 15 is 0 Å². The first kappa shape index (κ1) is 18.5. The monoisotopic (exact) mass is 423 g/mol. The van der Waals surface area contributed by atoms with Gasteiger partial charge in [0.1, 0.15) is 5.75 Å². The van der Waals surface area contributed by atoms with E-state index in [2.05, 4.69) is 31.4 Å². The molecule has 0 spiro atoms. The number of amides is 1. The number of nitrogens with zero attached hydrogens (tertiary/aromatic N) is 2. The van der Waals surface area contributed by atoms with Crippen LogP contribution in [-0.4, -0.2) is 23.1 Å². The number of ether oxygens (including phenoxy) is 1. The third kappa shape index (κ3) is 4.86. The van der Waals surface area contributed by atoms with Crippen molar-refractivity contribution in [3.8, 4) is 5.75 Å². The minimum Gasteiger partial charge on any atom is -0.422 e. The average molecular weight is 424 g/mol. The van der Waals surface area contributed by atoms with Gasteiger partial charge in [0.15, 0.2) is 0 Å². The van der Waals surface area contributed by atoms with Crippen LogP contribution in [0.15, 0.2) is 82.6 Å². The molecule has 3 aromatic rings. The Morgan fingerprint density at radius 1 is 1.00 bits per heavy atom. The number of esters is 1. The van der Waals surface area contributed by atoms with E-state index < -0.39 is 5.97 Å². The Morgan fingerprint density at radius 3 is 2.48 bits per heavy atom. The minimum atomic E-state index is -0.496. The van der Waals surface area contributed by atoms with Gasteiger partial charge in [-0.05, 0) is 52.3 Å². The van der Waals surface area contributed by atoms with Crippen LogP contribution >= 0.6 is 15.9 Å². The summed E-state index contributed by atoms with van der Waals surface area (Å²) in [6.07, 6.45) is 4.46. The summed E-state index contributed by atoms with van der Waals surface area (Å²) in [5, 5.41) is 3.93. The quantitative estimate of drug-likeness (QED) is 0.292. The van der Waals surface area contributed by atoms with Gasteiger partial charge in [0, 0.05) is 28.0 Å². The van der Waals surface area contributed by atoms with Gasteiger partial charge in [-0.25, -0.2) is 10.2 Å². The number of carbonyl (C=O) groups excluding carboxylic acids is 2. The number of para-hydroxylation sites is 1. The lowest BCUT2D eigenvalue weighted by molar-refractivity contribution is 0.0733. The van der Waals surface area contributed by atoms with Gasteiger partial charge in [-0.2, -0.15) is 5.10 Å². The van der Waals surface area contributed by atoms with Gasteiger partial charge in [-0.15, -0.1) is 0 Å². The number of rotatable bonds is 5. The predicted molar refractivity (Wildman–Crippen MR) is 105 cm³/mol. The van der Waals surface area contributed by atoms with E-state index in [4.69, 9.17) is 4.74 Å².